The van der Waals surface area contributed by atoms with Crippen LogP contribution in [-0.4, -0.2) is 58.7 Å². The first-order valence-electron chi connectivity index (χ1n) is 6.99. The number of nitrogens with zero attached hydrogens (tertiary/aromatic N) is 4. The van der Waals surface area contributed by atoms with Crippen LogP contribution in [-0.2, 0) is 18.3 Å². The van der Waals surface area contributed by atoms with Gasteiger partial charge in [0, 0.05) is 45.2 Å². The molecule has 0 unspecified atom stereocenters. The van der Waals surface area contributed by atoms with Crippen molar-refractivity contribution in [3.05, 3.63) is 18.0 Å². The molecule has 1 fully saturated rings. The van der Waals surface area contributed by atoms with Crippen LogP contribution in [0.25, 0.3) is 0 Å². The maximum atomic E-state index is 12.1. The van der Waals surface area contributed by atoms with Crippen molar-refractivity contribution in [1.29, 1.82) is 0 Å². The minimum absolute atomic E-state index is 0. The number of hydrogen-bond acceptors (Lipinski definition) is 3. The largest absolute Gasteiger partial charge is 0.343 e. The van der Waals surface area contributed by atoms with Crippen molar-refractivity contribution >= 4 is 30.7 Å². The van der Waals surface area contributed by atoms with E-state index in [1.165, 1.54) is 0 Å². The first-order valence-corrected chi connectivity index (χ1v) is 6.99. The first kappa shape index (κ1) is 20.2. The van der Waals surface area contributed by atoms with E-state index in [1.807, 2.05) is 24.2 Å². The Morgan fingerprint density at radius 1 is 1.33 bits per heavy atom. The third kappa shape index (κ3) is 5.85. The molecule has 7 heteroatoms. The molecule has 0 spiro atoms. The van der Waals surface area contributed by atoms with Crippen molar-refractivity contribution in [2.75, 3.05) is 27.2 Å². The lowest BCUT2D eigenvalue weighted by Gasteiger charge is -2.35. The molecule has 0 aromatic carbocycles. The molecule has 1 aliphatic heterocycles. The molecule has 1 aromatic rings. The van der Waals surface area contributed by atoms with E-state index in [0.717, 1.165) is 38.0 Å². The summed E-state index contributed by atoms with van der Waals surface area (Å²) in [6.45, 7) is 1.79. The van der Waals surface area contributed by atoms with Crippen molar-refractivity contribution in [1.82, 2.24) is 19.6 Å². The number of amides is 1. The number of aryl methyl sites for hydroxylation is 2. The van der Waals surface area contributed by atoms with Gasteiger partial charge in [-0.1, -0.05) is 0 Å². The van der Waals surface area contributed by atoms with E-state index in [9.17, 15) is 4.79 Å². The van der Waals surface area contributed by atoms with Crippen molar-refractivity contribution in [3.8, 4) is 0 Å². The average Bonchev–Trinajstić information content (AvgIpc) is 2.82. The Kier molecular flexibility index (Phi) is 8.94. The first-order chi connectivity index (χ1) is 9.06. The molecule has 0 saturated carbocycles. The number of carbonyl (C=O) groups excluding carboxylic acids is 1. The highest BCUT2D eigenvalue weighted by atomic mass is 35.5. The predicted molar refractivity (Wildman–Crippen MR) is 89.3 cm³/mol. The maximum absolute atomic E-state index is 12.1. The van der Waals surface area contributed by atoms with Gasteiger partial charge in [0.1, 0.15) is 0 Å². The highest BCUT2D eigenvalue weighted by molar-refractivity contribution is 5.85. The third-order valence-electron chi connectivity index (χ3n) is 3.91. The van der Waals surface area contributed by atoms with E-state index in [-0.39, 0.29) is 30.7 Å². The Morgan fingerprint density at radius 2 is 1.95 bits per heavy atom. The van der Waals surface area contributed by atoms with Gasteiger partial charge in [-0.05, 0) is 33.0 Å². The second kappa shape index (κ2) is 9.28. The van der Waals surface area contributed by atoms with Gasteiger partial charge >= 0.3 is 0 Å². The lowest BCUT2D eigenvalue weighted by molar-refractivity contribution is -0.132. The van der Waals surface area contributed by atoms with Crippen LogP contribution in [0.4, 0.5) is 0 Å². The molecule has 0 aliphatic carbocycles. The van der Waals surface area contributed by atoms with Crippen molar-refractivity contribution in [2.24, 2.45) is 7.05 Å². The number of carbonyl (C=O) groups is 1. The molecule has 1 saturated heterocycles. The van der Waals surface area contributed by atoms with E-state index in [1.54, 1.807) is 4.68 Å². The quantitative estimate of drug-likeness (QED) is 0.841. The summed E-state index contributed by atoms with van der Waals surface area (Å²) in [6.07, 6.45) is 5.41. The van der Waals surface area contributed by atoms with Gasteiger partial charge in [0.05, 0.1) is 5.69 Å². The Labute approximate surface area is 139 Å². The summed E-state index contributed by atoms with van der Waals surface area (Å²) < 4.78 is 1.78. The third-order valence-corrected chi connectivity index (χ3v) is 3.91. The molecule has 122 valence electrons. The van der Waals surface area contributed by atoms with Crippen LogP contribution in [0, 0.1) is 0 Å². The topological polar surface area (TPSA) is 41.4 Å². The van der Waals surface area contributed by atoms with Crippen molar-refractivity contribution in [3.63, 3.8) is 0 Å². The summed E-state index contributed by atoms with van der Waals surface area (Å²) in [5, 5.41) is 4.30. The molecule has 1 aliphatic rings. The van der Waals surface area contributed by atoms with Crippen molar-refractivity contribution < 1.29 is 4.79 Å². The van der Waals surface area contributed by atoms with E-state index >= 15 is 0 Å². The van der Waals surface area contributed by atoms with Gasteiger partial charge in [0.15, 0.2) is 0 Å². The summed E-state index contributed by atoms with van der Waals surface area (Å²) in [5.74, 6) is 0.267. The van der Waals surface area contributed by atoms with Crippen LogP contribution >= 0.6 is 24.8 Å². The van der Waals surface area contributed by atoms with Gasteiger partial charge < -0.3 is 9.80 Å². The maximum Gasteiger partial charge on any atom is 0.222 e. The second-order valence-corrected chi connectivity index (χ2v) is 5.56. The van der Waals surface area contributed by atoms with E-state index in [4.69, 9.17) is 0 Å². The summed E-state index contributed by atoms with van der Waals surface area (Å²) in [6, 6.07) is 2.60. The molecule has 2 heterocycles. The molecule has 0 N–H and O–H groups in total. The Hall–Kier alpha value is -0.780. The van der Waals surface area contributed by atoms with Crippen LogP contribution in [0.15, 0.2) is 12.3 Å². The Bertz CT molecular complexity index is 428. The Morgan fingerprint density at radius 3 is 2.43 bits per heavy atom. The average molecular weight is 337 g/mol. The summed E-state index contributed by atoms with van der Waals surface area (Å²) in [4.78, 5) is 16.4. The Balaban J connectivity index is 0.00000200. The fourth-order valence-corrected chi connectivity index (χ4v) is 2.62. The number of aromatic nitrogens is 2. The molecule has 0 atom stereocenters. The zero-order valence-corrected chi connectivity index (χ0v) is 14.6. The van der Waals surface area contributed by atoms with E-state index < -0.39 is 0 Å². The van der Waals surface area contributed by atoms with Gasteiger partial charge in [0.2, 0.25) is 5.91 Å². The molecular weight excluding hydrogens is 311 g/mol. The molecule has 21 heavy (non-hydrogen) atoms. The molecule has 1 amide bonds. The lowest BCUT2D eigenvalue weighted by Crippen LogP contribution is -2.44. The smallest absolute Gasteiger partial charge is 0.222 e. The highest BCUT2D eigenvalue weighted by Gasteiger charge is 2.23. The lowest BCUT2D eigenvalue weighted by atomic mass is 10.0. The normalized spacial score (nSPS) is 15.5. The molecular formula is C14H26Cl2N4O. The minimum atomic E-state index is 0. The van der Waals surface area contributed by atoms with E-state index in [0.29, 0.717) is 12.5 Å². The highest BCUT2D eigenvalue weighted by Crippen LogP contribution is 2.15. The molecule has 0 radical (unpaired) electrons. The molecule has 0 bridgehead atoms. The van der Waals surface area contributed by atoms with Gasteiger partial charge in [0.25, 0.3) is 0 Å². The van der Waals surface area contributed by atoms with Gasteiger partial charge in [-0.3, -0.25) is 9.48 Å². The summed E-state index contributed by atoms with van der Waals surface area (Å²) in [7, 11) is 6.13. The molecule has 5 nitrogen and oxygen atoms in total. The summed E-state index contributed by atoms with van der Waals surface area (Å²) in [5.41, 5.74) is 0.999. The number of likely N-dealkylation sites (tertiary alicyclic amines) is 1. The van der Waals surface area contributed by atoms with E-state index in [2.05, 4.69) is 24.1 Å². The predicted octanol–water partition coefficient (Wildman–Crippen LogP) is 1.75. The van der Waals surface area contributed by atoms with Crippen LogP contribution < -0.4 is 0 Å². The minimum Gasteiger partial charge on any atom is -0.343 e. The number of piperidine rings is 1. The van der Waals surface area contributed by atoms with Gasteiger partial charge in [-0.15, -0.1) is 24.8 Å². The number of rotatable bonds is 4. The number of hydrogen-bond donors (Lipinski definition) is 0. The number of halogens is 2. The standard InChI is InChI=1S/C14H24N4O.2ClH/c1-16(2)13-7-10-18(11-8-13)14(19)5-4-12-6-9-17(3)15-12;;/h6,9,13H,4-5,7-8,10-11H2,1-3H3;2*1H. The fourth-order valence-electron chi connectivity index (χ4n) is 2.62. The van der Waals surface area contributed by atoms with Crippen molar-refractivity contribution in [2.45, 2.75) is 31.7 Å². The zero-order chi connectivity index (χ0) is 13.8. The van der Waals surface area contributed by atoms with Crippen LogP contribution in [0.2, 0.25) is 0 Å². The second-order valence-electron chi connectivity index (χ2n) is 5.56. The van der Waals surface area contributed by atoms with Gasteiger partial charge in [-0.2, -0.15) is 5.10 Å². The fraction of sp³-hybridized carbons (Fsp3) is 0.714. The zero-order valence-electron chi connectivity index (χ0n) is 13.0. The van der Waals surface area contributed by atoms with Crippen LogP contribution in [0.1, 0.15) is 25.0 Å². The monoisotopic (exact) mass is 336 g/mol. The van der Waals surface area contributed by atoms with Crippen LogP contribution in [0.3, 0.4) is 0 Å². The summed E-state index contributed by atoms with van der Waals surface area (Å²) >= 11 is 0. The molecule has 2 rings (SSSR count). The van der Waals surface area contributed by atoms with Crippen LogP contribution in [0.5, 0.6) is 0 Å². The van der Waals surface area contributed by atoms with Gasteiger partial charge in [-0.25, -0.2) is 0 Å². The SMILES string of the molecule is CN(C)C1CCN(C(=O)CCc2ccn(C)n2)CC1.Cl.Cl. The molecule has 1 aromatic heterocycles.